The molecule has 0 bridgehead atoms. The number of hydrogen-bond acceptors (Lipinski definition) is 3. The van der Waals surface area contributed by atoms with Crippen LogP contribution in [0.15, 0.2) is 0 Å². The molecule has 1 atom stereocenters. The average Bonchev–Trinajstić information content (AvgIpc) is 2.46. The summed E-state index contributed by atoms with van der Waals surface area (Å²) in [5.41, 5.74) is 11.1. The average molecular weight is 267 g/mol. The lowest BCUT2D eigenvalue weighted by molar-refractivity contribution is -0.145. The summed E-state index contributed by atoms with van der Waals surface area (Å²) < 4.78 is 0. The lowest BCUT2D eigenvalue weighted by Gasteiger charge is -2.37. The van der Waals surface area contributed by atoms with E-state index in [0.717, 1.165) is 44.9 Å². The molecule has 108 valence electrons. The Bertz CT molecular complexity index is 338. The fourth-order valence-electron chi connectivity index (χ4n) is 3.37. The van der Waals surface area contributed by atoms with Crippen LogP contribution in [0.2, 0.25) is 0 Å². The van der Waals surface area contributed by atoms with Crippen molar-refractivity contribution in [1.82, 2.24) is 4.90 Å². The lowest BCUT2D eigenvalue weighted by Crippen LogP contribution is -2.52. The molecule has 1 unspecified atom stereocenters. The Morgan fingerprint density at radius 1 is 1.05 bits per heavy atom. The SMILES string of the molecule is NCC1CCC(C(=O)N2CCCCC2C(N)=O)CC1. The van der Waals surface area contributed by atoms with Gasteiger partial charge in [0.25, 0.3) is 0 Å². The second-order valence-corrected chi connectivity index (χ2v) is 5.90. The minimum atomic E-state index is -0.381. The fourth-order valence-corrected chi connectivity index (χ4v) is 3.37. The van der Waals surface area contributed by atoms with Gasteiger partial charge in [-0.05, 0) is 57.4 Å². The lowest BCUT2D eigenvalue weighted by atomic mass is 9.81. The van der Waals surface area contributed by atoms with Gasteiger partial charge in [-0.2, -0.15) is 0 Å². The van der Waals surface area contributed by atoms with Crippen LogP contribution in [0.4, 0.5) is 0 Å². The number of primary amides is 1. The highest BCUT2D eigenvalue weighted by Gasteiger charge is 2.35. The van der Waals surface area contributed by atoms with Crippen molar-refractivity contribution in [1.29, 1.82) is 0 Å². The van der Waals surface area contributed by atoms with Crippen molar-refractivity contribution in [2.45, 2.75) is 51.0 Å². The Morgan fingerprint density at radius 2 is 1.74 bits per heavy atom. The Hall–Kier alpha value is -1.10. The fraction of sp³-hybridized carbons (Fsp3) is 0.857. The van der Waals surface area contributed by atoms with E-state index in [2.05, 4.69) is 0 Å². The monoisotopic (exact) mass is 267 g/mol. The molecular formula is C14H25N3O2. The van der Waals surface area contributed by atoms with E-state index >= 15 is 0 Å². The normalized spacial score (nSPS) is 32.1. The summed E-state index contributed by atoms with van der Waals surface area (Å²) in [5.74, 6) is 0.419. The number of nitrogens with two attached hydrogens (primary N) is 2. The first-order valence-electron chi connectivity index (χ1n) is 7.43. The quantitative estimate of drug-likeness (QED) is 0.785. The van der Waals surface area contributed by atoms with E-state index in [0.29, 0.717) is 19.0 Å². The summed E-state index contributed by atoms with van der Waals surface area (Å²) >= 11 is 0. The van der Waals surface area contributed by atoms with Crippen molar-refractivity contribution in [2.75, 3.05) is 13.1 Å². The molecule has 2 aliphatic rings. The third-order valence-electron chi connectivity index (χ3n) is 4.64. The van der Waals surface area contributed by atoms with Gasteiger partial charge in [0.1, 0.15) is 6.04 Å². The maximum absolute atomic E-state index is 12.5. The van der Waals surface area contributed by atoms with Crippen molar-refractivity contribution < 1.29 is 9.59 Å². The maximum Gasteiger partial charge on any atom is 0.240 e. The molecule has 0 radical (unpaired) electrons. The van der Waals surface area contributed by atoms with Crippen LogP contribution in [0.5, 0.6) is 0 Å². The van der Waals surface area contributed by atoms with E-state index in [4.69, 9.17) is 11.5 Å². The van der Waals surface area contributed by atoms with Gasteiger partial charge in [0.15, 0.2) is 0 Å². The number of nitrogens with zero attached hydrogens (tertiary/aromatic N) is 1. The summed E-state index contributed by atoms with van der Waals surface area (Å²) in [4.78, 5) is 25.7. The van der Waals surface area contributed by atoms with E-state index < -0.39 is 0 Å². The van der Waals surface area contributed by atoms with Gasteiger partial charge in [-0.1, -0.05) is 0 Å². The minimum Gasteiger partial charge on any atom is -0.368 e. The van der Waals surface area contributed by atoms with Crippen molar-refractivity contribution >= 4 is 11.8 Å². The highest BCUT2D eigenvalue weighted by Crippen LogP contribution is 2.31. The zero-order valence-electron chi connectivity index (χ0n) is 11.5. The Labute approximate surface area is 114 Å². The minimum absolute atomic E-state index is 0.0720. The second-order valence-electron chi connectivity index (χ2n) is 5.90. The van der Waals surface area contributed by atoms with Gasteiger partial charge in [-0.25, -0.2) is 0 Å². The molecule has 19 heavy (non-hydrogen) atoms. The van der Waals surface area contributed by atoms with E-state index in [1.54, 1.807) is 4.90 Å². The first-order chi connectivity index (χ1) is 9.13. The van der Waals surface area contributed by atoms with Gasteiger partial charge in [-0.3, -0.25) is 9.59 Å². The van der Waals surface area contributed by atoms with Crippen LogP contribution in [0.25, 0.3) is 0 Å². The molecule has 2 fully saturated rings. The maximum atomic E-state index is 12.5. The molecule has 1 saturated carbocycles. The molecule has 5 heteroatoms. The molecule has 1 aliphatic carbocycles. The van der Waals surface area contributed by atoms with E-state index in [1.165, 1.54) is 0 Å². The molecule has 0 aromatic heterocycles. The van der Waals surface area contributed by atoms with Crippen LogP contribution >= 0.6 is 0 Å². The van der Waals surface area contributed by atoms with Gasteiger partial charge in [-0.15, -0.1) is 0 Å². The van der Waals surface area contributed by atoms with Gasteiger partial charge in [0, 0.05) is 12.5 Å². The molecule has 0 aromatic carbocycles. The Kier molecular flexibility index (Phi) is 4.80. The van der Waals surface area contributed by atoms with Crippen LogP contribution in [0.1, 0.15) is 44.9 Å². The molecule has 1 heterocycles. The van der Waals surface area contributed by atoms with E-state index in [-0.39, 0.29) is 23.8 Å². The summed E-state index contributed by atoms with van der Waals surface area (Å²) in [6, 6.07) is -0.381. The van der Waals surface area contributed by atoms with Crippen LogP contribution in [-0.4, -0.2) is 35.8 Å². The van der Waals surface area contributed by atoms with Gasteiger partial charge in [0.05, 0.1) is 0 Å². The highest BCUT2D eigenvalue weighted by molar-refractivity contribution is 5.87. The molecular weight excluding hydrogens is 242 g/mol. The number of amides is 2. The van der Waals surface area contributed by atoms with Gasteiger partial charge in [0.2, 0.25) is 11.8 Å². The summed E-state index contributed by atoms with van der Waals surface area (Å²) in [6.07, 6.45) is 6.56. The standard InChI is InChI=1S/C14H25N3O2/c15-9-10-4-6-11(7-5-10)14(19)17-8-2-1-3-12(17)13(16)18/h10-12H,1-9,15H2,(H2,16,18). The third kappa shape index (κ3) is 3.26. The molecule has 1 saturated heterocycles. The number of likely N-dealkylation sites (tertiary alicyclic amines) is 1. The Balaban J connectivity index is 1.96. The Morgan fingerprint density at radius 3 is 2.32 bits per heavy atom. The van der Waals surface area contributed by atoms with Gasteiger partial charge < -0.3 is 16.4 Å². The summed E-state index contributed by atoms with van der Waals surface area (Å²) in [6.45, 7) is 1.40. The van der Waals surface area contributed by atoms with E-state index in [1.807, 2.05) is 0 Å². The topological polar surface area (TPSA) is 89.4 Å². The third-order valence-corrected chi connectivity index (χ3v) is 4.64. The predicted octanol–water partition coefficient (Wildman–Crippen LogP) is 0.618. The molecule has 1 aliphatic heterocycles. The zero-order chi connectivity index (χ0) is 13.8. The van der Waals surface area contributed by atoms with E-state index in [9.17, 15) is 9.59 Å². The van der Waals surface area contributed by atoms with Crippen LogP contribution in [0, 0.1) is 11.8 Å². The molecule has 2 amide bonds. The van der Waals surface area contributed by atoms with Crippen molar-refractivity contribution in [3.05, 3.63) is 0 Å². The van der Waals surface area contributed by atoms with Crippen molar-refractivity contribution in [3.63, 3.8) is 0 Å². The summed E-state index contributed by atoms with van der Waals surface area (Å²) in [5, 5.41) is 0. The van der Waals surface area contributed by atoms with Crippen LogP contribution in [0.3, 0.4) is 0 Å². The second kappa shape index (κ2) is 6.37. The number of carbonyl (C=O) groups is 2. The number of piperidine rings is 1. The highest BCUT2D eigenvalue weighted by atomic mass is 16.2. The molecule has 0 aromatic rings. The first kappa shape index (κ1) is 14.3. The smallest absolute Gasteiger partial charge is 0.240 e. The number of rotatable bonds is 3. The van der Waals surface area contributed by atoms with Crippen molar-refractivity contribution in [2.24, 2.45) is 23.3 Å². The van der Waals surface area contributed by atoms with Gasteiger partial charge >= 0.3 is 0 Å². The van der Waals surface area contributed by atoms with Crippen LogP contribution < -0.4 is 11.5 Å². The zero-order valence-corrected chi connectivity index (χ0v) is 11.5. The van der Waals surface area contributed by atoms with Crippen molar-refractivity contribution in [3.8, 4) is 0 Å². The predicted molar refractivity (Wildman–Crippen MR) is 73.0 cm³/mol. The largest absolute Gasteiger partial charge is 0.368 e. The molecule has 0 spiro atoms. The molecule has 4 N–H and O–H groups in total. The summed E-state index contributed by atoms with van der Waals surface area (Å²) in [7, 11) is 0. The van der Waals surface area contributed by atoms with Crippen LogP contribution in [-0.2, 0) is 9.59 Å². The number of carbonyl (C=O) groups excluding carboxylic acids is 2. The molecule has 2 rings (SSSR count). The first-order valence-corrected chi connectivity index (χ1v) is 7.43. The molecule has 5 nitrogen and oxygen atoms in total. The number of hydrogen-bond donors (Lipinski definition) is 2.